The van der Waals surface area contributed by atoms with Crippen molar-refractivity contribution in [2.24, 2.45) is 11.7 Å². The minimum Gasteiger partial charge on any atom is -0.328 e. The van der Waals surface area contributed by atoms with Gasteiger partial charge in [0.25, 0.3) is 0 Å². The summed E-state index contributed by atoms with van der Waals surface area (Å²) in [5.41, 5.74) is 7.42. The summed E-state index contributed by atoms with van der Waals surface area (Å²) in [5, 5.41) is 1.34. The smallest absolute Gasteiger partial charge is 0.0595 e. The molecule has 0 spiro atoms. The van der Waals surface area contributed by atoms with Gasteiger partial charge in [-0.25, -0.2) is 0 Å². The van der Waals surface area contributed by atoms with Gasteiger partial charge in [-0.15, -0.1) is 0 Å². The van der Waals surface area contributed by atoms with Crippen LogP contribution >= 0.6 is 23.2 Å². The van der Waals surface area contributed by atoms with Crippen LogP contribution in [0.3, 0.4) is 0 Å². The molecule has 2 N–H and O–H groups in total. The van der Waals surface area contributed by atoms with Gasteiger partial charge in [-0.2, -0.15) is 0 Å². The fraction of sp³-hybridized carbons (Fsp3) is 0.684. The van der Waals surface area contributed by atoms with E-state index in [0.29, 0.717) is 22.0 Å². The van der Waals surface area contributed by atoms with Crippen molar-refractivity contribution in [2.45, 2.75) is 56.9 Å². The third kappa shape index (κ3) is 4.63. The van der Waals surface area contributed by atoms with E-state index in [4.69, 9.17) is 28.9 Å². The third-order valence-electron chi connectivity index (χ3n) is 5.68. The molecule has 1 aromatic rings. The van der Waals surface area contributed by atoms with Crippen molar-refractivity contribution < 1.29 is 0 Å². The predicted octanol–water partition coefficient (Wildman–Crippen LogP) is 5.08. The number of benzene rings is 1. The van der Waals surface area contributed by atoms with Gasteiger partial charge in [-0.05, 0) is 68.3 Å². The van der Waals surface area contributed by atoms with Crippen LogP contribution < -0.4 is 5.73 Å². The maximum atomic E-state index is 6.30. The molecular weight excluding hydrogens is 327 g/mol. The summed E-state index contributed by atoms with van der Waals surface area (Å²) in [6.07, 6.45) is 9.07. The van der Waals surface area contributed by atoms with Crippen molar-refractivity contribution in [3.05, 3.63) is 33.8 Å². The number of nitrogens with zero attached hydrogens (tertiary/aromatic N) is 1. The second-order valence-corrected chi connectivity index (χ2v) is 8.13. The molecule has 1 aliphatic heterocycles. The molecule has 2 aliphatic rings. The summed E-state index contributed by atoms with van der Waals surface area (Å²) in [4.78, 5) is 2.60. The molecule has 128 valence electrons. The Kier molecular flexibility index (Phi) is 6.25. The van der Waals surface area contributed by atoms with Gasteiger partial charge in [-0.3, -0.25) is 0 Å². The Bertz CT molecular complexity index is 506. The molecule has 0 amide bonds. The van der Waals surface area contributed by atoms with Crippen molar-refractivity contribution in [2.75, 3.05) is 19.6 Å². The lowest BCUT2D eigenvalue weighted by atomic mass is 9.76. The number of nitrogens with two attached hydrogens (primary N) is 1. The van der Waals surface area contributed by atoms with E-state index in [9.17, 15) is 0 Å². The maximum Gasteiger partial charge on any atom is 0.0595 e. The zero-order valence-electron chi connectivity index (χ0n) is 13.8. The minimum absolute atomic E-state index is 0.393. The van der Waals surface area contributed by atoms with E-state index in [0.717, 1.165) is 38.4 Å². The number of rotatable bonds is 4. The standard InChI is InChI=1S/C19H28Cl2N2/c20-18-7-6-15(12-19(18)21)17(14-4-2-1-3-5-14)13-23-10-8-16(22)9-11-23/h6-7,12,14,16-17H,1-5,8-11,13,22H2. The molecule has 0 radical (unpaired) electrons. The first-order valence-electron chi connectivity index (χ1n) is 9.06. The van der Waals surface area contributed by atoms with Gasteiger partial charge in [-0.1, -0.05) is 48.5 Å². The van der Waals surface area contributed by atoms with Crippen molar-refractivity contribution in [1.82, 2.24) is 4.90 Å². The monoisotopic (exact) mass is 354 g/mol. The Hall–Kier alpha value is -0.280. The summed E-state index contributed by atoms with van der Waals surface area (Å²) in [6.45, 7) is 3.40. The first kappa shape index (κ1) is 17.5. The zero-order chi connectivity index (χ0) is 16.2. The maximum absolute atomic E-state index is 6.30. The third-order valence-corrected chi connectivity index (χ3v) is 6.42. The van der Waals surface area contributed by atoms with Gasteiger partial charge in [0.2, 0.25) is 0 Å². The van der Waals surface area contributed by atoms with Crippen molar-refractivity contribution >= 4 is 23.2 Å². The van der Waals surface area contributed by atoms with Gasteiger partial charge in [0.1, 0.15) is 0 Å². The van der Waals surface area contributed by atoms with Crippen LogP contribution in [-0.4, -0.2) is 30.6 Å². The predicted molar refractivity (Wildman–Crippen MR) is 99.4 cm³/mol. The molecule has 1 heterocycles. The highest BCUT2D eigenvalue weighted by Gasteiger charge is 2.28. The lowest BCUT2D eigenvalue weighted by Crippen LogP contribution is -2.42. The van der Waals surface area contributed by atoms with Gasteiger partial charge in [0, 0.05) is 12.6 Å². The lowest BCUT2D eigenvalue weighted by molar-refractivity contribution is 0.171. The number of hydrogen-bond donors (Lipinski definition) is 1. The van der Waals surface area contributed by atoms with Crippen molar-refractivity contribution in [3.8, 4) is 0 Å². The van der Waals surface area contributed by atoms with E-state index < -0.39 is 0 Å². The average Bonchev–Trinajstić information content (AvgIpc) is 2.58. The van der Waals surface area contributed by atoms with Crippen LogP contribution in [0.15, 0.2) is 18.2 Å². The number of likely N-dealkylation sites (tertiary alicyclic amines) is 1. The summed E-state index contributed by atoms with van der Waals surface area (Å²) in [7, 11) is 0. The average molecular weight is 355 g/mol. The van der Waals surface area contributed by atoms with Crippen LogP contribution in [0.5, 0.6) is 0 Å². The van der Waals surface area contributed by atoms with Gasteiger partial charge >= 0.3 is 0 Å². The van der Waals surface area contributed by atoms with Crippen LogP contribution in [0.1, 0.15) is 56.4 Å². The van der Waals surface area contributed by atoms with E-state index in [2.05, 4.69) is 17.0 Å². The molecule has 1 saturated carbocycles. The van der Waals surface area contributed by atoms with Gasteiger partial charge in [0.15, 0.2) is 0 Å². The summed E-state index contributed by atoms with van der Waals surface area (Å²) < 4.78 is 0. The number of halogens is 2. The second-order valence-electron chi connectivity index (χ2n) is 7.32. The molecule has 0 aromatic heterocycles. The molecule has 4 heteroatoms. The molecule has 3 rings (SSSR count). The van der Waals surface area contributed by atoms with E-state index in [1.54, 1.807) is 0 Å². The Labute approximate surface area is 150 Å². The van der Waals surface area contributed by atoms with Crippen LogP contribution in [0.2, 0.25) is 10.0 Å². The normalized spacial score (nSPS) is 23.1. The number of hydrogen-bond acceptors (Lipinski definition) is 2. The topological polar surface area (TPSA) is 29.3 Å². The Morgan fingerprint density at radius 3 is 2.35 bits per heavy atom. The van der Waals surface area contributed by atoms with Crippen LogP contribution in [0, 0.1) is 5.92 Å². The molecular formula is C19H28Cl2N2. The Balaban J connectivity index is 1.76. The molecule has 1 atom stereocenters. The molecule has 2 nitrogen and oxygen atoms in total. The molecule has 1 aromatic carbocycles. The highest BCUT2D eigenvalue weighted by molar-refractivity contribution is 6.42. The van der Waals surface area contributed by atoms with Gasteiger partial charge < -0.3 is 10.6 Å². The largest absolute Gasteiger partial charge is 0.328 e. The molecule has 1 saturated heterocycles. The van der Waals surface area contributed by atoms with Crippen LogP contribution in [0.25, 0.3) is 0 Å². The fourth-order valence-electron chi connectivity index (χ4n) is 4.22. The fourth-order valence-corrected chi connectivity index (χ4v) is 4.53. The quantitative estimate of drug-likeness (QED) is 0.816. The van der Waals surface area contributed by atoms with Crippen LogP contribution in [-0.2, 0) is 0 Å². The second kappa shape index (κ2) is 8.20. The van der Waals surface area contributed by atoms with Gasteiger partial charge in [0.05, 0.1) is 10.0 Å². The highest BCUT2D eigenvalue weighted by atomic mass is 35.5. The zero-order valence-corrected chi connectivity index (χ0v) is 15.3. The number of piperidine rings is 1. The summed E-state index contributed by atoms with van der Waals surface area (Å²) >= 11 is 12.4. The van der Waals surface area contributed by atoms with E-state index in [-0.39, 0.29) is 0 Å². The van der Waals surface area contributed by atoms with E-state index in [1.807, 2.05) is 6.07 Å². The summed E-state index contributed by atoms with van der Waals surface area (Å²) in [5.74, 6) is 1.34. The van der Waals surface area contributed by atoms with E-state index in [1.165, 1.54) is 37.7 Å². The molecule has 1 aliphatic carbocycles. The van der Waals surface area contributed by atoms with E-state index >= 15 is 0 Å². The van der Waals surface area contributed by atoms with Crippen LogP contribution in [0.4, 0.5) is 0 Å². The summed E-state index contributed by atoms with van der Waals surface area (Å²) in [6, 6.07) is 6.63. The molecule has 23 heavy (non-hydrogen) atoms. The van der Waals surface area contributed by atoms with Crippen molar-refractivity contribution in [1.29, 1.82) is 0 Å². The Morgan fingerprint density at radius 1 is 1.00 bits per heavy atom. The lowest BCUT2D eigenvalue weighted by Gasteiger charge is -2.37. The van der Waals surface area contributed by atoms with Crippen molar-refractivity contribution in [3.63, 3.8) is 0 Å². The highest BCUT2D eigenvalue weighted by Crippen LogP contribution is 2.38. The minimum atomic E-state index is 0.393. The molecule has 1 unspecified atom stereocenters. The molecule has 2 fully saturated rings. The first-order chi connectivity index (χ1) is 11.1. The SMILES string of the molecule is NC1CCN(CC(c2ccc(Cl)c(Cl)c2)C2CCCCC2)CC1. The first-order valence-corrected chi connectivity index (χ1v) is 9.82. The Morgan fingerprint density at radius 2 is 1.70 bits per heavy atom. The molecule has 0 bridgehead atoms.